The second-order valence-corrected chi connectivity index (χ2v) is 7.79. The Kier molecular flexibility index (Phi) is 5.62. The summed E-state index contributed by atoms with van der Waals surface area (Å²) in [4.78, 5) is 14.7. The number of nitrogens with zero attached hydrogens (tertiary/aromatic N) is 1. The minimum atomic E-state index is 0.106. The molecule has 2 aliphatic rings. The van der Waals surface area contributed by atoms with Crippen LogP contribution in [0.3, 0.4) is 0 Å². The molecular weight excluding hydrogens is 378 g/mol. The molecule has 0 unspecified atom stereocenters. The van der Waals surface area contributed by atoms with Crippen LogP contribution < -0.4 is 9.47 Å². The summed E-state index contributed by atoms with van der Waals surface area (Å²) in [7, 11) is 0. The highest BCUT2D eigenvalue weighted by Crippen LogP contribution is 2.38. The molecule has 2 aliphatic heterocycles. The monoisotopic (exact) mass is 401 g/mol. The number of likely N-dealkylation sites (tertiary alicyclic amines) is 1. The summed E-state index contributed by atoms with van der Waals surface area (Å²) in [6.07, 6.45) is 2.98. The van der Waals surface area contributed by atoms with Crippen LogP contribution in [0.4, 0.5) is 0 Å². The number of carbonyl (C=O) groups is 1. The molecule has 1 N–H and O–H groups in total. The van der Waals surface area contributed by atoms with Gasteiger partial charge in [-0.1, -0.05) is 23.7 Å². The molecule has 0 spiro atoms. The van der Waals surface area contributed by atoms with Crippen molar-refractivity contribution in [3.05, 3.63) is 52.5 Å². The minimum Gasteiger partial charge on any atom is -0.508 e. The molecular formula is C22H24ClNO4. The number of carbonyl (C=O) groups excluding carboxylic acids is 1. The fourth-order valence-electron chi connectivity index (χ4n) is 3.88. The lowest BCUT2D eigenvalue weighted by molar-refractivity contribution is -0.131. The van der Waals surface area contributed by atoms with Gasteiger partial charge in [0.2, 0.25) is 5.91 Å². The van der Waals surface area contributed by atoms with E-state index < -0.39 is 0 Å². The zero-order valence-electron chi connectivity index (χ0n) is 15.7. The van der Waals surface area contributed by atoms with Crippen molar-refractivity contribution in [2.45, 2.75) is 31.6 Å². The molecule has 4 rings (SSSR count). The molecule has 0 radical (unpaired) electrons. The normalized spacial score (nSPS) is 17.2. The van der Waals surface area contributed by atoms with E-state index in [9.17, 15) is 9.90 Å². The van der Waals surface area contributed by atoms with Crippen molar-refractivity contribution >= 4 is 17.5 Å². The van der Waals surface area contributed by atoms with E-state index in [1.165, 1.54) is 5.56 Å². The van der Waals surface area contributed by atoms with Crippen molar-refractivity contribution in [1.29, 1.82) is 0 Å². The van der Waals surface area contributed by atoms with Crippen LogP contribution >= 0.6 is 11.6 Å². The van der Waals surface area contributed by atoms with Gasteiger partial charge in [0, 0.05) is 19.5 Å². The predicted molar refractivity (Wildman–Crippen MR) is 107 cm³/mol. The maximum Gasteiger partial charge on any atom is 0.226 e. The lowest BCUT2D eigenvalue weighted by Gasteiger charge is -2.32. The van der Waals surface area contributed by atoms with Gasteiger partial charge < -0.3 is 19.5 Å². The Labute approximate surface area is 169 Å². The van der Waals surface area contributed by atoms with E-state index >= 15 is 0 Å². The number of hydrogen-bond donors (Lipinski definition) is 1. The van der Waals surface area contributed by atoms with E-state index in [1.54, 1.807) is 18.2 Å². The van der Waals surface area contributed by atoms with Crippen LogP contribution in [0.1, 0.15) is 36.3 Å². The standard InChI is InChI=1S/C22H24ClNO4/c23-19-12-15(13-20-22(19)28-11-1-10-27-20)14-21(26)24-8-6-17(7-9-24)16-2-4-18(25)5-3-16/h2-5,12-13,17,25H,1,6-11,14H2. The van der Waals surface area contributed by atoms with Gasteiger partial charge in [0.1, 0.15) is 5.75 Å². The van der Waals surface area contributed by atoms with Gasteiger partial charge in [-0.25, -0.2) is 0 Å². The maximum atomic E-state index is 12.8. The number of aromatic hydroxyl groups is 1. The van der Waals surface area contributed by atoms with Crippen LogP contribution in [0.25, 0.3) is 0 Å². The Morgan fingerprint density at radius 2 is 1.82 bits per heavy atom. The van der Waals surface area contributed by atoms with Crippen LogP contribution in [-0.4, -0.2) is 42.2 Å². The van der Waals surface area contributed by atoms with Crippen LogP contribution in [0, 0.1) is 0 Å². The summed E-state index contributed by atoms with van der Waals surface area (Å²) in [5, 5.41) is 9.93. The number of amides is 1. The topological polar surface area (TPSA) is 59.0 Å². The second-order valence-electron chi connectivity index (χ2n) is 7.38. The first-order chi connectivity index (χ1) is 13.6. The molecule has 2 aromatic carbocycles. The third-order valence-corrected chi connectivity index (χ3v) is 5.71. The average molecular weight is 402 g/mol. The lowest BCUT2D eigenvalue weighted by atomic mass is 9.89. The lowest BCUT2D eigenvalue weighted by Crippen LogP contribution is -2.38. The highest BCUT2D eigenvalue weighted by molar-refractivity contribution is 6.32. The molecule has 1 amide bonds. The van der Waals surface area contributed by atoms with Gasteiger partial charge in [-0.2, -0.15) is 0 Å². The molecule has 148 valence electrons. The van der Waals surface area contributed by atoms with E-state index in [0.29, 0.717) is 42.1 Å². The summed E-state index contributed by atoms with van der Waals surface area (Å²) >= 11 is 6.34. The van der Waals surface area contributed by atoms with Gasteiger partial charge >= 0.3 is 0 Å². The van der Waals surface area contributed by atoms with Gasteiger partial charge in [0.15, 0.2) is 11.5 Å². The van der Waals surface area contributed by atoms with Crippen LogP contribution in [0.5, 0.6) is 17.2 Å². The maximum absolute atomic E-state index is 12.8. The molecule has 1 saturated heterocycles. The van der Waals surface area contributed by atoms with E-state index in [1.807, 2.05) is 23.1 Å². The summed E-state index contributed by atoms with van der Waals surface area (Å²) in [5.41, 5.74) is 2.07. The van der Waals surface area contributed by atoms with Gasteiger partial charge in [0.25, 0.3) is 0 Å². The first-order valence-electron chi connectivity index (χ1n) is 9.75. The first kappa shape index (κ1) is 18.9. The largest absolute Gasteiger partial charge is 0.508 e. The SMILES string of the molecule is O=C(Cc1cc(Cl)c2c(c1)OCCCO2)N1CCC(c2ccc(O)cc2)CC1. The quantitative estimate of drug-likeness (QED) is 0.839. The number of phenolic OH excluding ortho intramolecular Hbond substituents is 1. The zero-order valence-corrected chi connectivity index (χ0v) is 16.5. The minimum absolute atomic E-state index is 0.106. The molecule has 5 nitrogen and oxygen atoms in total. The Morgan fingerprint density at radius 3 is 2.57 bits per heavy atom. The fraction of sp³-hybridized carbons (Fsp3) is 0.409. The summed E-state index contributed by atoms with van der Waals surface area (Å²) < 4.78 is 11.4. The molecule has 2 aromatic rings. The number of phenols is 1. The number of hydrogen-bond acceptors (Lipinski definition) is 4. The van der Waals surface area contributed by atoms with Crippen molar-refractivity contribution in [2.75, 3.05) is 26.3 Å². The van der Waals surface area contributed by atoms with Gasteiger partial charge in [0.05, 0.1) is 24.7 Å². The number of halogens is 1. The van der Waals surface area contributed by atoms with E-state index in [-0.39, 0.29) is 11.7 Å². The first-order valence-corrected chi connectivity index (χ1v) is 10.1. The Morgan fingerprint density at radius 1 is 1.11 bits per heavy atom. The molecule has 0 bridgehead atoms. The molecule has 0 aromatic heterocycles. The molecule has 0 saturated carbocycles. The van der Waals surface area contributed by atoms with E-state index in [2.05, 4.69) is 0 Å². The second kappa shape index (κ2) is 8.31. The summed E-state index contributed by atoms with van der Waals surface area (Å²) in [5.74, 6) is 2.01. The third kappa shape index (κ3) is 4.20. The fourth-order valence-corrected chi connectivity index (χ4v) is 4.17. The van der Waals surface area contributed by atoms with Crippen molar-refractivity contribution in [3.8, 4) is 17.2 Å². The smallest absolute Gasteiger partial charge is 0.226 e. The molecule has 2 heterocycles. The third-order valence-electron chi connectivity index (χ3n) is 5.43. The highest BCUT2D eigenvalue weighted by Gasteiger charge is 2.25. The van der Waals surface area contributed by atoms with Gasteiger partial charge in [-0.05, 0) is 54.2 Å². The van der Waals surface area contributed by atoms with Crippen molar-refractivity contribution in [3.63, 3.8) is 0 Å². The van der Waals surface area contributed by atoms with E-state index in [4.69, 9.17) is 21.1 Å². The number of rotatable bonds is 3. The van der Waals surface area contributed by atoms with Crippen molar-refractivity contribution < 1.29 is 19.4 Å². The van der Waals surface area contributed by atoms with Crippen LogP contribution in [0.2, 0.25) is 5.02 Å². The Bertz CT molecular complexity index is 844. The average Bonchev–Trinajstić information content (AvgIpc) is 2.95. The summed E-state index contributed by atoms with van der Waals surface area (Å²) in [6.45, 7) is 2.65. The summed E-state index contributed by atoms with van der Waals surface area (Å²) in [6, 6.07) is 11.1. The number of piperidine rings is 1. The Balaban J connectivity index is 1.38. The van der Waals surface area contributed by atoms with Crippen molar-refractivity contribution in [1.82, 2.24) is 4.90 Å². The molecule has 0 atom stereocenters. The number of benzene rings is 2. The number of fused-ring (bicyclic) bond motifs is 1. The highest BCUT2D eigenvalue weighted by atomic mass is 35.5. The van der Waals surface area contributed by atoms with Gasteiger partial charge in [-0.15, -0.1) is 0 Å². The molecule has 1 fully saturated rings. The molecule has 28 heavy (non-hydrogen) atoms. The van der Waals surface area contributed by atoms with Crippen LogP contribution in [0.15, 0.2) is 36.4 Å². The van der Waals surface area contributed by atoms with Crippen LogP contribution in [-0.2, 0) is 11.2 Å². The predicted octanol–water partition coefficient (Wildman–Crippen LogP) is 4.16. The van der Waals surface area contributed by atoms with E-state index in [0.717, 1.165) is 37.9 Å². The molecule has 6 heteroatoms. The molecule has 0 aliphatic carbocycles. The van der Waals surface area contributed by atoms with Crippen molar-refractivity contribution in [2.24, 2.45) is 0 Å². The Hall–Kier alpha value is -2.40. The number of ether oxygens (including phenoxy) is 2. The van der Waals surface area contributed by atoms with Gasteiger partial charge in [-0.3, -0.25) is 4.79 Å². The zero-order chi connectivity index (χ0) is 19.5.